The predicted molar refractivity (Wildman–Crippen MR) is 89.3 cm³/mol. The van der Waals surface area contributed by atoms with E-state index in [0.717, 1.165) is 31.4 Å². The first-order valence-electron chi connectivity index (χ1n) is 8.45. The van der Waals surface area contributed by atoms with Crippen LogP contribution in [0.2, 0.25) is 0 Å². The normalized spacial score (nSPS) is 31.0. The minimum absolute atomic E-state index is 0.195. The van der Waals surface area contributed by atoms with Gasteiger partial charge in [0.15, 0.2) is 0 Å². The van der Waals surface area contributed by atoms with Crippen LogP contribution in [-0.4, -0.2) is 12.9 Å². The first-order chi connectivity index (χ1) is 10.6. The van der Waals surface area contributed by atoms with Crippen molar-refractivity contribution in [2.75, 3.05) is 7.11 Å². The number of carbonyl (C=O) groups is 1. The highest BCUT2D eigenvalue weighted by atomic mass is 16.5. The number of rotatable bonds is 1. The van der Waals surface area contributed by atoms with Gasteiger partial charge in [-0.1, -0.05) is 24.6 Å². The third kappa shape index (κ3) is 2.84. The van der Waals surface area contributed by atoms with Gasteiger partial charge in [-0.2, -0.15) is 0 Å². The van der Waals surface area contributed by atoms with E-state index in [4.69, 9.17) is 4.74 Å². The summed E-state index contributed by atoms with van der Waals surface area (Å²) in [5, 5.41) is 0. The van der Waals surface area contributed by atoms with Crippen LogP contribution in [0.15, 0.2) is 29.8 Å². The van der Waals surface area contributed by atoms with Crippen LogP contribution in [-0.2, 0) is 11.2 Å². The largest absolute Gasteiger partial charge is 0.497 e. The van der Waals surface area contributed by atoms with E-state index in [9.17, 15) is 4.79 Å². The third-order valence-electron chi connectivity index (χ3n) is 5.44. The molecule has 1 aromatic carbocycles. The molecule has 22 heavy (non-hydrogen) atoms. The van der Waals surface area contributed by atoms with Gasteiger partial charge in [-0.3, -0.25) is 4.79 Å². The molecule has 0 heterocycles. The van der Waals surface area contributed by atoms with Crippen LogP contribution in [0.3, 0.4) is 0 Å². The Balaban J connectivity index is 2.01. The Bertz CT molecular complexity index is 600. The molecule has 0 saturated carbocycles. The molecule has 0 unspecified atom stereocenters. The maximum atomic E-state index is 12.8. The molecule has 0 fully saturated rings. The van der Waals surface area contributed by atoms with Crippen LogP contribution in [0.5, 0.6) is 5.75 Å². The summed E-state index contributed by atoms with van der Waals surface area (Å²) in [5.41, 5.74) is 4.19. The number of methoxy groups -OCH3 is 1. The first-order valence-corrected chi connectivity index (χ1v) is 8.45. The molecule has 0 saturated heterocycles. The Labute approximate surface area is 133 Å². The molecule has 0 N–H and O–H groups in total. The minimum Gasteiger partial charge on any atom is -0.497 e. The van der Waals surface area contributed by atoms with Gasteiger partial charge in [0.2, 0.25) is 0 Å². The number of hydrogen-bond donors (Lipinski definition) is 0. The fourth-order valence-corrected chi connectivity index (χ4v) is 4.30. The number of carbonyl (C=O) groups excluding carboxylic acids is 1. The van der Waals surface area contributed by atoms with Crippen molar-refractivity contribution in [3.8, 4) is 5.75 Å². The van der Waals surface area contributed by atoms with E-state index >= 15 is 0 Å². The molecule has 0 spiro atoms. The van der Waals surface area contributed by atoms with Gasteiger partial charge < -0.3 is 4.74 Å². The number of benzene rings is 1. The lowest BCUT2D eigenvalue weighted by molar-refractivity contribution is -0.125. The summed E-state index contributed by atoms with van der Waals surface area (Å²) in [6.07, 6.45) is 7.06. The smallest absolute Gasteiger partial charge is 0.137 e. The Morgan fingerprint density at radius 3 is 2.82 bits per heavy atom. The maximum Gasteiger partial charge on any atom is 0.137 e. The Morgan fingerprint density at radius 2 is 2.05 bits per heavy atom. The molecule has 2 aliphatic carbocycles. The summed E-state index contributed by atoms with van der Waals surface area (Å²) in [6.45, 7) is 4.45. The molecule has 1 aromatic rings. The molecule has 0 aromatic heterocycles. The topological polar surface area (TPSA) is 26.3 Å². The summed E-state index contributed by atoms with van der Waals surface area (Å²) >= 11 is 0. The van der Waals surface area contributed by atoms with Gasteiger partial charge in [0.25, 0.3) is 0 Å². The van der Waals surface area contributed by atoms with E-state index in [-0.39, 0.29) is 5.92 Å². The van der Waals surface area contributed by atoms with E-state index in [1.807, 2.05) is 6.07 Å². The third-order valence-corrected chi connectivity index (χ3v) is 5.44. The van der Waals surface area contributed by atoms with Crippen LogP contribution in [0.4, 0.5) is 0 Å². The lowest BCUT2D eigenvalue weighted by Crippen LogP contribution is -2.34. The van der Waals surface area contributed by atoms with Crippen LogP contribution in [0.1, 0.15) is 56.6 Å². The van der Waals surface area contributed by atoms with Crippen LogP contribution in [0, 0.1) is 11.8 Å². The zero-order valence-corrected chi connectivity index (χ0v) is 13.9. The quantitative estimate of drug-likeness (QED) is 0.704. The number of hydrogen-bond acceptors (Lipinski definition) is 2. The van der Waals surface area contributed by atoms with Gasteiger partial charge in [0.05, 0.1) is 7.11 Å². The van der Waals surface area contributed by atoms with Gasteiger partial charge in [-0.25, -0.2) is 0 Å². The van der Waals surface area contributed by atoms with E-state index in [0.29, 0.717) is 24.0 Å². The van der Waals surface area contributed by atoms with Gasteiger partial charge in [-0.15, -0.1) is 0 Å². The highest BCUT2D eigenvalue weighted by Gasteiger charge is 2.38. The molecular weight excluding hydrogens is 272 g/mol. The molecule has 3 atom stereocenters. The standard InChI is InChI=1S/C20H26O2/c1-13-5-4-6-19(21)20-14(2)11-15-12-16(22-3)8-10-17(15)18(20)9-7-13/h5,8,10,12,14,18,20H,4,6-7,9,11H2,1-3H3/b13-5+/t14-,18-,20-/m1/s1. The van der Waals surface area contributed by atoms with Crippen molar-refractivity contribution in [3.63, 3.8) is 0 Å². The van der Waals surface area contributed by atoms with Crippen molar-refractivity contribution in [1.29, 1.82) is 0 Å². The summed E-state index contributed by atoms with van der Waals surface area (Å²) < 4.78 is 5.38. The summed E-state index contributed by atoms with van der Waals surface area (Å²) in [5.74, 6) is 2.38. The second-order valence-corrected chi connectivity index (χ2v) is 6.97. The van der Waals surface area contributed by atoms with E-state index in [1.54, 1.807) is 7.11 Å². The molecular formula is C20H26O2. The van der Waals surface area contributed by atoms with Crippen molar-refractivity contribution < 1.29 is 9.53 Å². The number of fused-ring (bicyclic) bond motifs is 3. The van der Waals surface area contributed by atoms with Gasteiger partial charge >= 0.3 is 0 Å². The van der Waals surface area contributed by atoms with E-state index in [2.05, 4.69) is 32.1 Å². The van der Waals surface area contributed by atoms with Crippen molar-refractivity contribution in [2.45, 2.75) is 51.9 Å². The van der Waals surface area contributed by atoms with Crippen LogP contribution < -0.4 is 4.74 Å². The van der Waals surface area contributed by atoms with Crippen molar-refractivity contribution in [1.82, 2.24) is 0 Å². The molecule has 0 radical (unpaired) electrons. The molecule has 2 aliphatic rings. The second kappa shape index (κ2) is 6.28. The number of ketones is 1. The molecule has 0 aliphatic heterocycles. The van der Waals surface area contributed by atoms with Crippen molar-refractivity contribution in [2.24, 2.45) is 11.8 Å². The zero-order chi connectivity index (χ0) is 15.7. The van der Waals surface area contributed by atoms with Gasteiger partial charge in [0, 0.05) is 12.3 Å². The maximum absolute atomic E-state index is 12.8. The molecule has 118 valence electrons. The summed E-state index contributed by atoms with van der Waals surface area (Å²) in [4.78, 5) is 12.8. The minimum atomic E-state index is 0.195. The molecule has 2 nitrogen and oxygen atoms in total. The Kier molecular flexibility index (Phi) is 4.37. The highest BCUT2D eigenvalue weighted by Crippen LogP contribution is 2.45. The predicted octanol–water partition coefficient (Wildman–Crippen LogP) is 4.68. The van der Waals surface area contributed by atoms with Gasteiger partial charge in [-0.05, 0) is 67.7 Å². The van der Waals surface area contributed by atoms with Crippen LogP contribution in [0.25, 0.3) is 0 Å². The van der Waals surface area contributed by atoms with Crippen LogP contribution >= 0.6 is 0 Å². The van der Waals surface area contributed by atoms with E-state index < -0.39 is 0 Å². The first kappa shape index (κ1) is 15.3. The lowest BCUT2D eigenvalue weighted by atomic mass is 9.66. The average Bonchev–Trinajstić information content (AvgIpc) is 2.57. The molecule has 3 rings (SSSR count). The van der Waals surface area contributed by atoms with E-state index in [1.165, 1.54) is 16.7 Å². The van der Waals surface area contributed by atoms with Crippen molar-refractivity contribution in [3.05, 3.63) is 41.0 Å². The number of Topliss-reactive ketones (excluding diaryl/α,β-unsaturated/α-hetero) is 1. The SMILES string of the molecule is COc1ccc2c(c1)C[C@@H](C)[C@H]1C(=O)CC/C=C(\C)CC[C@H]21. The Morgan fingerprint density at radius 1 is 1.23 bits per heavy atom. The fraction of sp³-hybridized carbons (Fsp3) is 0.550. The monoisotopic (exact) mass is 298 g/mol. The Hall–Kier alpha value is -1.57. The molecule has 0 bridgehead atoms. The second-order valence-electron chi connectivity index (χ2n) is 6.97. The number of ether oxygens (including phenoxy) is 1. The van der Waals surface area contributed by atoms with Gasteiger partial charge in [0.1, 0.15) is 11.5 Å². The average molecular weight is 298 g/mol. The summed E-state index contributed by atoms with van der Waals surface area (Å²) in [7, 11) is 1.72. The lowest BCUT2D eigenvalue weighted by Gasteiger charge is -2.37. The molecule has 0 amide bonds. The highest BCUT2D eigenvalue weighted by molar-refractivity contribution is 5.83. The van der Waals surface area contributed by atoms with Crippen molar-refractivity contribution >= 4 is 5.78 Å². The molecule has 2 heteroatoms. The fourth-order valence-electron chi connectivity index (χ4n) is 4.30. The zero-order valence-electron chi connectivity index (χ0n) is 13.9. The summed E-state index contributed by atoms with van der Waals surface area (Å²) in [6, 6.07) is 6.41. The number of allylic oxidation sites excluding steroid dienone is 2.